The van der Waals surface area contributed by atoms with Gasteiger partial charge in [0.15, 0.2) is 0 Å². The standard InChI is InChI=1S/C14H8Cl4S2/c15-11-3-1-9(7-13(11)17)19-5-6-20-10-2-4-12(16)14(18)8-10/h1-8H/b6-5-. The van der Waals surface area contributed by atoms with Gasteiger partial charge in [-0.2, -0.15) is 0 Å². The van der Waals surface area contributed by atoms with E-state index in [0.717, 1.165) is 9.79 Å². The predicted molar refractivity (Wildman–Crippen MR) is 93.8 cm³/mol. The average Bonchev–Trinajstić information content (AvgIpc) is 2.42. The third-order valence-electron chi connectivity index (χ3n) is 2.25. The van der Waals surface area contributed by atoms with Crippen LogP contribution in [-0.2, 0) is 0 Å². The van der Waals surface area contributed by atoms with Gasteiger partial charge in [0.25, 0.3) is 0 Å². The first-order chi connectivity index (χ1) is 9.56. The van der Waals surface area contributed by atoms with E-state index in [-0.39, 0.29) is 0 Å². The van der Waals surface area contributed by atoms with E-state index in [4.69, 9.17) is 46.4 Å². The maximum atomic E-state index is 5.95. The van der Waals surface area contributed by atoms with Crippen LogP contribution in [-0.4, -0.2) is 0 Å². The summed E-state index contributed by atoms with van der Waals surface area (Å²) in [7, 11) is 0. The van der Waals surface area contributed by atoms with Crippen LogP contribution in [0.15, 0.2) is 57.0 Å². The fraction of sp³-hybridized carbons (Fsp3) is 0. The molecule has 0 amide bonds. The summed E-state index contributed by atoms with van der Waals surface area (Å²) in [5.74, 6) is 0. The molecule has 0 saturated carbocycles. The average molecular weight is 382 g/mol. The van der Waals surface area contributed by atoms with Gasteiger partial charge in [0.1, 0.15) is 0 Å². The minimum absolute atomic E-state index is 0.558. The van der Waals surface area contributed by atoms with Crippen molar-refractivity contribution in [2.24, 2.45) is 0 Å². The zero-order valence-corrected chi connectivity index (χ0v) is 14.6. The fourth-order valence-corrected chi connectivity index (χ4v) is 3.46. The fourth-order valence-electron chi connectivity index (χ4n) is 1.31. The summed E-state index contributed by atoms with van der Waals surface area (Å²) < 4.78 is 0. The van der Waals surface area contributed by atoms with Crippen molar-refractivity contribution in [2.45, 2.75) is 9.79 Å². The predicted octanol–water partition coefficient (Wildman–Crippen LogP) is 7.66. The normalized spacial score (nSPS) is 11.2. The highest BCUT2D eigenvalue weighted by atomic mass is 35.5. The quantitative estimate of drug-likeness (QED) is 0.498. The summed E-state index contributed by atoms with van der Waals surface area (Å²) in [4.78, 5) is 2.07. The molecule has 0 bridgehead atoms. The van der Waals surface area contributed by atoms with Crippen LogP contribution in [0.1, 0.15) is 0 Å². The molecule has 0 aromatic heterocycles. The number of halogens is 4. The molecule has 0 spiro atoms. The van der Waals surface area contributed by atoms with Crippen molar-refractivity contribution in [1.82, 2.24) is 0 Å². The topological polar surface area (TPSA) is 0 Å². The number of rotatable bonds is 4. The lowest BCUT2D eigenvalue weighted by Crippen LogP contribution is -1.72. The Hall–Kier alpha value is 0.0400. The van der Waals surface area contributed by atoms with Crippen molar-refractivity contribution < 1.29 is 0 Å². The molecule has 2 rings (SSSR count). The van der Waals surface area contributed by atoms with Crippen LogP contribution in [0.25, 0.3) is 0 Å². The monoisotopic (exact) mass is 380 g/mol. The van der Waals surface area contributed by atoms with Crippen molar-refractivity contribution in [2.75, 3.05) is 0 Å². The molecular formula is C14H8Cl4S2. The van der Waals surface area contributed by atoms with Gasteiger partial charge in [-0.25, -0.2) is 0 Å². The lowest BCUT2D eigenvalue weighted by atomic mass is 10.4. The van der Waals surface area contributed by atoms with Crippen LogP contribution < -0.4 is 0 Å². The van der Waals surface area contributed by atoms with Gasteiger partial charge in [-0.3, -0.25) is 0 Å². The van der Waals surface area contributed by atoms with Crippen molar-refractivity contribution in [1.29, 1.82) is 0 Å². The van der Waals surface area contributed by atoms with Gasteiger partial charge in [0.05, 0.1) is 20.1 Å². The van der Waals surface area contributed by atoms with Crippen molar-refractivity contribution in [3.8, 4) is 0 Å². The summed E-state index contributed by atoms with van der Waals surface area (Å²) in [6.45, 7) is 0. The van der Waals surface area contributed by atoms with E-state index in [1.807, 2.05) is 35.1 Å². The third kappa shape index (κ3) is 4.80. The number of thioether (sulfide) groups is 2. The summed E-state index contributed by atoms with van der Waals surface area (Å²) in [5, 5.41) is 6.19. The SMILES string of the molecule is Clc1ccc(S/C=C\Sc2ccc(Cl)c(Cl)c2)cc1Cl. The molecule has 0 aliphatic rings. The van der Waals surface area contributed by atoms with Crippen LogP contribution in [0.2, 0.25) is 20.1 Å². The second kappa shape index (κ2) is 7.88. The van der Waals surface area contributed by atoms with Crippen LogP contribution >= 0.6 is 69.9 Å². The molecule has 2 aromatic carbocycles. The smallest absolute Gasteiger partial charge is 0.0603 e. The van der Waals surface area contributed by atoms with Crippen LogP contribution in [0.4, 0.5) is 0 Å². The molecule has 2 aromatic rings. The Morgan fingerprint density at radius 1 is 0.600 bits per heavy atom. The Bertz CT molecular complexity index is 586. The molecule has 6 heteroatoms. The molecule has 0 aliphatic heterocycles. The van der Waals surface area contributed by atoms with E-state index in [1.165, 1.54) is 0 Å². The minimum atomic E-state index is 0.558. The van der Waals surface area contributed by atoms with E-state index >= 15 is 0 Å². The molecule has 0 fully saturated rings. The van der Waals surface area contributed by atoms with Crippen molar-refractivity contribution in [3.05, 3.63) is 67.3 Å². The first-order valence-electron chi connectivity index (χ1n) is 5.44. The number of hydrogen-bond donors (Lipinski definition) is 0. The summed E-state index contributed by atoms with van der Waals surface area (Å²) >= 11 is 26.8. The summed E-state index contributed by atoms with van der Waals surface area (Å²) in [5.41, 5.74) is 0. The summed E-state index contributed by atoms with van der Waals surface area (Å²) in [6.07, 6.45) is 0. The Morgan fingerprint density at radius 2 is 1.00 bits per heavy atom. The third-order valence-corrected chi connectivity index (χ3v) is 5.49. The van der Waals surface area contributed by atoms with Gasteiger partial charge < -0.3 is 0 Å². The Kier molecular flexibility index (Phi) is 6.47. The maximum Gasteiger partial charge on any atom is 0.0603 e. The van der Waals surface area contributed by atoms with Gasteiger partial charge in [0, 0.05) is 9.79 Å². The molecule has 20 heavy (non-hydrogen) atoms. The minimum Gasteiger partial charge on any atom is -0.0975 e. The highest BCUT2D eigenvalue weighted by Gasteiger charge is 2.00. The highest BCUT2D eigenvalue weighted by molar-refractivity contribution is 8.05. The van der Waals surface area contributed by atoms with E-state index in [9.17, 15) is 0 Å². The number of benzene rings is 2. The molecule has 0 aliphatic carbocycles. The van der Waals surface area contributed by atoms with E-state index in [1.54, 1.807) is 35.7 Å². The summed E-state index contributed by atoms with van der Waals surface area (Å²) in [6, 6.07) is 11.1. The largest absolute Gasteiger partial charge is 0.0975 e. The second-order valence-electron chi connectivity index (χ2n) is 3.66. The lowest BCUT2D eigenvalue weighted by Gasteiger charge is -2.00. The van der Waals surface area contributed by atoms with E-state index in [0.29, 0.717) is 20.1 Å². The van der Waals surface area contributed by atoms with Gasteiger partial charge in [-0.1, -0.05) is 69.9 Å². The highest BCUT2D eigenvalue weighted by Crippen LogP contribution is 2.31. The maximum absolute atomic E-state index is 5.95. The van der Waals surface area contributed by atoms with Gasteiger partial charge in [-0.05, 0) is 47.2 Å². The Morgan fingerprint density at radius 3 is 1.35 bits per heavy atom. The molecule has 0 saturated heterocycles. The van der Waals surface area contributed by atoms with Crippen LogP contribution in [0.3, 0.4) is 0 Å². The van der Waals surface area contributed by atoms with E-state index < -0.39 is 0 Å². The van der Waals surface area contributed by atoms with E-state index in [2.05, 4.69) is 0 Å². The first-order valence-corrected chi connectivity index (χ1v) is 8.72. The first kappa shape index (κ1) is 16.4. The zero-order chi connectivity index (χ0) is 14.5. The zero-order valence-electron chi connectivity index (χ0n) is 9.95. The van der Waals surface area contributed by atoms with Crippen molar-refractivity contribution >= 4 is 69.9 Å². The van der Waals surface area contributed by atoms with Gasteiger partial charge in [-0.15, -0.1) is 0 Å². The molecule has 0 radical (unpaired) electrons. The van der Waals surface area contributed by atoms with Gasteiger partial charge >= 0.3 is 0 Å². The van der Waals surface area contributed by atoms with Gasteiger partial charge in [0.2, 0.25) is 0 Å². The second-order valence-corrected chi connectivity index (χ2v) is 7.25. The number of hydrogen-bond acceptors (Lipinski definition) is 2. The molecule has 0 heterocycles. The van der Waals surface area contributed by atoms with Crippen LogP contribution in [0, 0.1) is 0 Å². The van der Waals surface area contributed by atoms with Crippen molar-refractivity contribution in [3.63, 3.8) is 0 Å². The molecular weight excluding hydrogens is 374 g/mol. The Balaban J connectivity index is 1.93. The van der Waals surface area contributed by atoms with Crippen LogP contribution in [0.5, 0.6) is 0 Å². The lowest BCUT2D eigenvalue weighted by molar-refractivity contribution is 1.47. The molecule has 104 valence electrons. The molecule has 0 unspecified atom stereocenters. The molecule has 0 atom stereocenters. The Labute approximate surface area is 146 Å². The molecule has 0 nitrogen and oxygen atoms in total. The molecule has 0 N–H and O–H groups in total.